The molecule has 0 spiro atoms. The van der Waals surface area contributed by atoms with E-state index >= 15 is 0 Å². The van der Waals surface area contributed by atoms with Gasteiger partial charge in [0.25, 0.3) is 5.91 Å². The van der Waals surface area contributed by atoms with Crippen molar-refractivity contribution in [3.8, 4) is 5.75 Å². The highest BCUT2D eigenvalue weighted by atomic mass is 16.5. The Morgan fingerprint density at radius 3 is 2.02 bits per heavy atom. The molecule has 3 aromatic rings. The molecule has 0 saturated carbocycles. The number of hydrogen-bond acceptors (Lipinski definition) is 5. The van der Waals surface area contributed by atoms with Crippen molar-refractivity contribution in [2.45, 2.75) is 72.6 Å². The zero-order valence-electron chi connectivity index (χ0n) is 27.6. The number of anilines is 1. The zero-order valence-corrected chi connectivity index (χ0v) is 27.6. The second-order valence-corrected chi connectivity index (χ2v) is 14.7. The minimum atomic E-state index is -0.463. The number of ketones is 2. The first-order valence-electron chi connectivity index (χ1n) is 16.3. The van der Waals surface area contributed by atoms with Crippen molar-refractivity contribution < 1.29 is 19.1 Å². The summed E-state index contributed by atoms with van der Waals surface area (Å²) in [5, 5.41) is 2.87. The summed E-state index contributed by atoms with van der Waals surface area (Å²) in [6.45, 7) is 11.2. The van der Waals surface area contributed by atoms with Gasteiger partial charge in [-0.1, -0.05) is 87.9 Å². The maximum Gasteiger partial charge on any atom is 0.262 e. The summed E-state index contributed by atoms with van der Waals surface area (Å²) >= 11 is 0. The highest BCUT2D eigenvalue weighted by molar-refractivity contribution is 6.06. The lowest BCUT2D eigenvalue weighted by Gasteiger charge is -2.49. The van der Waals surface area contributed by atoms with Crippen molar-refractivity contribution in [2.75, 3.05) is 18.5 Å². The second kappa shape index (κ2) is 12.4. The van der Waals surface area contributed by atoms with Gasteiger partial charge in [0.1, 0.15) is 5.75 Å². The molecule has 0 atom stereocenters. The molecule has 1 N–H and O–H groups in total. The summed E-state index contributed by atoms with van der Waals surface area (Å²) in [6, 6.07) is 25.6. The summed E-state index contributed by atoms with van der Waals surface area (Å²) in [7, 11) is 0. The third-order valence-electron chi connectivity index (χ3n) is 9.39. The maximum atomic E-state index is 14.1. The standard InChI is InChI=1S/C40H44N2O4/c1-26-14-16-29(17-15-26)41-35(45)25-46-30-13-9-12-28(20-30)36-37-31(21-39(2,3)23-33(37)43)42(19-18-27-10-7-6-8-11-27)32-22-40(4,5)24-34(44)38(32)36/h6-17,20,36H,18-19,21-25H2,1-5H3,(H,41,45). The van der Waals surface area contributed by atoms with Crippen LogP contribution in [0.5, 0.6) is 5.75 Å². The van der Waals surface area contributed by atoms with E-state index in [9.17, 15) is 14.4 Å². The van der Waals surface area contributed by atoms with Crippen LogP contribution in [-0.4, -0.2) is 35.5 Å². The van der Waals surface area contributed by atoms with E-state index in [-0.39, 0.29) is 34.9 Å². The average molecular weight is 617 g/mol. The minimum absolute atomic E-state index is 0.106. The molecule has 0 bridgehead atoms. The Kier molecular flexibility index (Phi) is 8.49. The van der Waals surface area contributed by atoms with Crippen LogP contribution >= 0.6 is 0 Å². The van der Waals surface area contributed by atoms with Crippen LogP contribution in [-0.2, 0) is 20.8 Å². The molecule has 1 aliphatic heterocycles. The zero-order chi connectivity index (χ0) is 32.6. The number of rotatable bonds is 8. The number of benzene rings is 3. The molecule has 0 aromatic heterocycles. The molecule has 2 aliphatic carbocycles. The van der Waals surface area contributed by atoms with E-state index < -0.39 is 5.92 Å². The molecule has 0 fully saturated rings. The quantitative estimate of drug-likeness (QED) is 0.278. The summed E-state index contributed by atoms with van der Waals surface area (Å²) in [5.74, 6) is 0.0166. The van der Waals surface area contributed by atoms with Gasteiger partial charge in [0.2, 0.25) is 0 Å². The van der Waals surface area contributed by atoms with Crippen LogP contribution in [0.1, 0.15) is 76.0 Å². The minimum Gasteiger partial charge on any atom is -0.484 e. The van der Waals surface area contributed by atoms with E-state index in [0.717, 1.165) is 52.9 Å². The Bertz CT molecular complexity index is 1680. The topological polar surface area (TPSA) is 75.7 Å². The first-order valence-corrected chi connectivity index (χ1v) is 16.3. The molecule has 0 radical (unpaired) electrons. The van der Waals surface area contributed by atoms with Crippen molar-refractivity contribution in [3.05, 3.63) is 118 Å². The Hall–Kier alpha value is -4.45. The van der Waals surface area contributed by atoms with Gasteiger partial charge in [-0.2, -0.15) is 0 Å². The van der Waals surface area contributed by atoms with Crippen LogP contribution < -0.4 is 10.1 Å². The lowest BCUT2D eigenvalue weighted by molar-refractivity contribution is -0.120. The number of hydrogen-bond donors (Lipinski definition) is 1. The molecule has 0 unspecified atom stereocenters. The van der Waals surface area contributed by atoms with Gasteiger partial charge >= 0.3 is 0 Å². The van der Waals surface area contributed by atoms with Crippen molar-refractivity contribution in [3.63, 3.8) is 0 Å². The van der Waals surface area contributed by atoms with Gasteiger partial charge < -0.3 is 15.0 Å². The number of allylic oxidation sites excluding steroid dienone is 4. The number of carbonyl (C=O) groups excluding carboxylic acids is 3. The van der Waals surface area contributed by atoms with Crippen LogP contribution in [0.2, 0.25) is 0 Å². The van der Waals surface area contributed by atoms with Crippen LogP contribution in [0.25, 0.3) is 0 Å². The molecular formula is C40H44N2O4. The molecule has 6 rings (SSSR count). The average Bonchev–Trinajstić information content (AvgIpc) is 2.99. The molecule has 3 aliphatic rings. The molecule has 6 nitrogen and oxygen atoms in total. The number of aryl methyl sites for hydroxylation is 1. The van der Waals surface area contributed by atoms with Gasteiger partial charge in [0.05, 0.1) is 0 Å². The summed E-state index contributed by atoms with van der Waals surface area (Å²) < 4.78 is 5.97. The van der Waals surface area contributed by atoms with Crippen molar-refractivity contribution in [1.29, 1.82) is 0 Å². The molecule has 238 valence electrons. The number of amides is 1. The number of nitrogens with one attached hydrogen (secondary N) is 1. The summed E-state index contributed by atoms with van der Waals surface area (Å²) in [4.78, 5) is 43.3. The number of ether oxygens (including phenoxy) is 1. The molecule has 1 heterocycles. The number of nitrogens with zero attached hydrogens (tertiary/aromatic N) is 1. The molecule has 0 saturated heterocycles. The SMILES string of the molecule is Cc1ccc(NC(=O)COc2cccc(C3C4=C(CC(C)(C)CC4=O)N(CCc4ccccc4)C4=C3C(=O)CC(C)(C)C4)c2)cc1. The second-order valence-electron chi connectivity index (χ2n) is 14.7. The highest BCUT2D eigenvalue weighted by Gasteiger charge is 2.48. The fraction of sp³-hybridized carbons (Fsp3) is 0.375. The van der Waals surface area contributed by atoms with E-state index in [0.29, 0.717) is 30.8 Å². The maximum absolute atomic E-state index is 14.1. The predicted octanol–water partition coefficient (Wildman–Crippen LogP) is 7.94. The molecule has 1 amide bonds. The molecule has 3 aromatic carbocycles. The van der Waals surface area contributed by atoms with Gasteiger partial charge in [-0.25, -0.2) is 0 Å². The van der Waals surface area contributed by atoms with E-state index in [1.54, 1.807) is 0 Å². The van der Waals surface area contributed by atoms with Crippen LogP contribution in [0.3, 0.4) is 0 Å². The van der Waals surface area contributed by atoms with Crippen LogP contribution in [0.15, 0.2) is 101 Å². The molecular weight excluding hydrogens is 572 g/mol. The lowest BCUT2D eigenvalue weighted by Crippen LogP contribution is -2.45. The van der Waals surface area contributed by atoms with E-state index in [2.05, 4.69) is 62.2 Å². The third kappa shape index (κ3) is 6.72. The number of Topliss-reactive ketones (excluding diaryl/α,β-unsaturated/α-hetero) is 2. The Morgan fingerprint density at radius 1 is 0.804 bits per heavy atom. The summed E-state index contributed by atoms with van der Waals surface area (Å²) in [6.07, 6.45) is 3.22. The van der Waals surface area contributed by atoms with Crippen molar-refractivity contribution in [1.82, 2.24) is 4.90 Å². The van der Waals surface area contributed by atoms with Gasteiger partial charge in [0, 0.05) is 53.5 Å². The van der Waals surface area contributed by atoms with Gasteiger partial charge in [-0.05, 0) is 72.4 Å². The normalized spacial score (nSPS) is 19.1. The van der Waals surface area contributed by atoms with E-state index in [1.807, 2.05) is 61.5 Å². The smallest absolute Gasteiger partial charge is 0.262 e. The predicted molar refractivity (Wildman–Crippen MR) is 181 cm³/mol. The van der Waals surface area contributed by atoms with Gasteiger partial charge in [0.15, 0.2) is 18.2 Å². The Balaban J connectivity index is 1.36. The third-order valence-corrected chi connectivity index (χ3v) is 9.39. The van der Waals surface area contributed by atoms with Crippen LogP contribution in [0, 0.1) is 17.8 Å². The van der Waals surface area contributed by atoms with Gasteiger partial charge in [-0.3, -0.25) is 14.4 Å². The van der Waals surface area contributed by atoms with Crippen LogP contribution in [0.4, 0.5) is 5.69 Å². The lowest BCUT2D eigenvalue weighted by atomic mass is 9.63. The van der Waals surface area contributed by atoms with Crippen molar-refractivity contribution in [2.24, 2.45) is 10.8 Å². The molecule has 6 heteroatoms. The molecule has 46 heavy (non-hydrogen) atoms. The largest absolute Gasteiger partial charge is 0.484 e. The monoisotopic (exact) mass is 616 g/mol. The summed E-state index contributed by atoms with van der Waals surface area (Å²) in [5.41, 5.74) is 7.12. The first-order chi connectivity index (χ1) is 21.9. The first kappa shape index (κ1) is 31.5. The number of carbonyl (C=O) groups is 3. The fourth-order valence-electron chi connectivity index (χ4n) is 7.30. The Morgan fingerprint density at radius 2 is 1.41 bits per heavy atom. The van der Waals surface area contributed by atoms with E-state index in [4.69, 9.17) is 4.74 Å². The van der Waals surface area contributed by atoms with Gasteiger partial charge in [-0.15, -0.1) is 0 Å². The Labute approximate surface area is 272 Å². The fourth-order valence-corrected chi connectivity index (χ4v) is 7.30. The van der Waals surface area contributed by atoms with Crippen molar-refractivity contribution >= 4 is 23.2 Å². The van der Waals surface area contributed by atoms with E-state index in [1.165, 1.54) is 5.56 Å². The highest BCUT2D eigenvalue weighted by Crippen LogP contribution is 2.54.